The van der Waals surface area contributed by atoms with Crippen molar-refractivity contribution in [2.45, 2.75) is 32.0 Å². The maximum Gasteiger partial charge on any atom is 0.407 e. The lowest BCUT2D eigenvalue weighted by Gasteiger charge is -2.24. The van der Waals surface area contributed by atoms with Gasteiger partial charge in [0.2, 0.25) is 0 Å². The van der Waals surface area contributed by atoms with E-state index in [1.165, 1.54) is 24.1 Å². The monoisotopic (exact) mass is 520 g/mol. The summed E-state index contributed by atoms with van der Waals surface area (Å²) < 4.78 is 9.96. The molecule has 35 heavy (non-hydrogen) atoms. The molecule has 1 heterocycles. The van der Waals surface area contributed by atoms with E-state index in [-0.39, 0.29) is 45.5 Å². The van der Waals surface area contributed by atoms with Crippen LogP contribution in [-0.4, -0.2) is 48.9 Å². The highest BCUT2D eigenvalue weighted by atomic mass is 35.5. The lowest BCUT2D eigenvalue weighted by Crippen LogP contribution is -2.41. The summed E-state index contributed by atoms with van der Waals surface area (Å²) in [5.74, 6) is -1.33. The predicted octanol–water partition coefficient (Wildman–Crippen LogP) is 4.44. The first-order chi connectivity index (χ1) is 16.4. The van der Waals surface area contributed by atoms with Crippen molar-refractivity contribution in [2.75, 3.05) is 25.1 Å². The highest BCUT2D eigenvalue weighted by Crippen LogP contribution is 2.49. The second kappa shape index (κ2) is 10.3. The van der Waals surface area contributed by atoms with Crippen LogP contribution in [0.25, 0.3) is 0 Å². The molecular formula is C25H26Cl2N2O6. The van der Waals surface area contributed by atoms with Crippen LogP contribution in [0.3, 0.4) is 0 Å². The Bertz CT molecular complexity index is 1190. The number of halogens is 2. The van der Waals surface area contributed by atoms with Gasteiger partial charge in [-0.25, -0.2) is 9.59 Å². The fraction of sp³-hybridized carbons (Fsp3) is 0.320. The molecule has 2 N–H and O–H groups in total. The number of aliphatic hydroxyl groups is 1. The number of fused-ring (bicyclic) bond motifs is 1. The molecule has 1 unspecified atom stereocenters. The van der Waals surface area contributed by atoms with Gasteiger partial charge in [-0.2, -0.15) is 0 Å². The van der Waals surface area contributed by atoms with Crippen LogP contribution in [0.1, 0.15) is 42.3 Å². The molecular weight excluding hydrogens is 495 g/mol. The molecule has 0 saturated carbocycles. The van der Waals surface area contributed by atoms with Crippen molar-refractivity contribution in [3.05, 3.63) is 75.3 Å². The van der Waals surface area contributed by atoms with Crippen molar-refractivity contribution in [1.29, 1.82) is 0 Å². The Hall–Kier alpha value is -3.07. The lowest BCUT2D eigenvalue weighted by molar-refractivity contribution is -0.132. The number of anilines is 1. The predicted molar refractivity (Wildman–Crippen MR) is 133 cm³/mol. The van der Waals surface area contributed by atoms with Gasteiger partial charge in [-0.1, -0.05) is 53.6 Å². The van der Waals surface area contributed by atoms with Gasteiger partial charge in [0.25, 0.3) is 5.91 Å². The molecule has 186 valence electrons. The minimum Gasteiger partial charge on any atom is -0.465 e. The van der Waals surface area contributed by atoms with Crippen LogP contribution in [0, 0.1) is 0 Å². The fourth-order valence-corrected chi connectivity index (χ4v) is 4.34. The van der Waals surface area contributed by atoms with Crippen LogP contribution in [0.15, 0.2) is 48.6 Å². The average molecular weight is 521 g/mol. The zero-order valence-electron chi connectivity index (χ0n) is 19.7. The topological polar surface area (TPSA) is 105 Å². The molecule has 1 aliphatic rings. The Morgan fingerprint density at radius 3 is 2.46 bits per heavy atom. The highest BCUT2D eigenvalue weighted by molar-refractivity contribution is 6.35. The van der Waals surface area contributed by atoms with Gasteiger partial charge in [0.15, 0.2) is 5.60 Å². The molecule has 0 spiro atoms. The summed E-state index contributed by atoms with van der Waals surface area (Å²) in [5, 5.41) is 14.5. The van der Waals surface area contributed by atoms with Crippen molar-refractivity contribution < 1.29 is 29.0 Å². The number of carbonyl (C=O) groups is 3. The van der Waals surface area contributed by atoms with Gasteiger partial charge in [0.05, 0.1) is 23.4 Å². The number of benzene rings is 2. The Labute approximate surface area is 213 Å². The number of esters is 1. The fourth-order valence-electron chi connectivity index (χ4n) is 3.72. The lowest BCUT2D eigenvalue weighted by atomic mass is 9.87. The Balaban J connectivity index is 1.94. The molecule has 10 heteroatoms. The number of ether oxygens (including phenoxy) is 2. The van der Waals surface area contributed by atoms with Crippen molar-refractivity contribution in [3.63, 3.8) is 0 Å². The Morgan fingerprint density at radius 2 is 1.83 bits per heavy atom. The number of nitrogens with one attached hydrogen (secondary N) is 1. The first-order valence-electron chi connectivity index (χ1n) is 10.7. The van der Waals surface area contributed by atoms with E-state index in [1.807, 2.05) is 0 Å². The summed E-state index contributed by atoms with van der Waals surface area (Å²) in [7, 11) is 1.23. The molecule has 1 aliphatic heterocycles. The first kappa shape index (κ1) is 26.5. The standard InChI is InChI=1S/C25H26Cl2N2O6/c1-24(2,3)35-23(32)28-11-7-8-12-29-19-14-15(21(30)34-4)13-18(27)20(19)25(33,22(29)31)16-9-5-6-10-17(16)26/h5-10,13-14,33H,11-12H2,1-4H3,(H,28,32). The zero-order chi connectivity index (χ0) is 26.0. The van der Waals surface area contributed by atoms with Crippen LogP contribution in [0.5, 0.6) is 0 Å². The van der Waals surface area contributed by atoms with E-state index in [2.05, 4.69) is 5.32 Å². The summed E-state index contributed by atoms with van der Waals surface area (Å²) in [4.78, 5) is 38.8. The number of hydrogen-bond acceptors (Lipinski definition) is 6. The number of rotatable bonds is 6. The van der Waals surface area contributed by atoms with E-state index >= 15 is 0 Å². The molecule has 0 bridgehead atoms. The summed E-state index contributed by atoms with van der Waals surface area (Å²) in [5.41, 5.74) is -2.15. The minimum atomic E-state index is -2.16. The number of nitrogens with zero attached hydrogens (tertiary/aromatic N) is 1. The Kier molecular flexibility index (Phi) is 7.79. The van der Waals surface area contributed by atoms with Crippen LogP contribution >= 0.6 is 23.2 Å². The summed E-state index contributed by atoms with van der Waals surface area (Å²) in [6.45, 7) is 5.45. The van der Waals surface area contributed by atoms with Gasteiger partial charge < -0.3 is 24.8 Å². The van der Waals surface area contributed by atoms with Gasteiger partial charge in [0, 0.05) is 29.2 Å². The molecule has 2 aromatic carbocycles. The molecule has 1 atom stereocenters. The summed E-state index contributed by atoms with van der Waals surface area (Å²) in [6, 6.07) is 9.20. The van der Waals surface area contributed by atoms with Crippen molar-refractivity contribution in [1.82, 2.24) is 5.32 Å². The van der Waals surface area contributed by atoms with Crippen molar-refractivity contribution in [2.24, 2.45) is 0 Å². The molecule has 0 fully saturated rings. The number of methoxy groups -OCH3 is 1. The van der Waals surface area contributed by atoms with Gasteiger partial charge in [-0.05, 0) is 39.0 Å². The molecule has 2 aromatic rings. The third-order valence-electron chi connectivity index (χ3n) is 5.18. The number of amides is 2. The van der Waals surface area contributed by atoms with Gasteiger partial charge in [-0.3, -0.25) is 4.79 Å². The van der Waals surface area contributed by atoms with E-state index < -0.39 is 29.2 Å². The normalized spacial score (nSPS) is 17.5. The largest absolute Gasteiger partial charge is 0.465 e. The maximum absolute atomic E-state index is 13.6. The molecule has 0 aromatic heterocycles. The van der Waals surface area contributed by atoms with Crippen LogP contribution < -0.4 is 10.2 Å². The molecule has 0 saturated heterocycles. The van der Waals surface area contributed by atoms with Crippen molar-refractivity contribution in [3.8, 4) is 0 Å². The Morgan fingerprint density at radius 1 is 1.14 bits per heavy atom. The van der Waals surface area contributed by atoms with E-state index in [1.54, 1.807) is 57.2 Å². The SMILES string of the molecule is COC(=O)c1cc(Cl)c2c(c1)N(CC=CCNC(=O)OC(C)(C)C)C(=O)C2(O)c1ccccc1Cl. The van der Waals surface area contributed by atoms with E-state index in [0.29, 0.717) is 0 Å². The minimum absolute atomic E-state index is 0.0109. The molecule has 0 aliphatic carbocycles. The van der Waals surface area contributed by atoms with E-state index in [9.17, 15) is 19.5 Å². The van der Waals surface area contributed by atoms with Crippen LogP contribution in [0.2, 0.25) is 10.0 Å². The van der Waals surface area contributed by atoms with Crippen LogP contribution in [-0.2, 0) is 19.9 Å². The maximum atomic E-state index is 13.6. The first-order valence-corrected chi connectivity index (χ1v) is 11.5. The zero-order valence-corrected chi connectivity index (χ0v) is 21.2. The number of carbonyl (C=O) groups excluding carboxylic acids is 3. The molecule has 0 radical (unpaired) electrons. The van der Waals surface area contributed by atoms with Crippen molar-refractivity contribution >= 4 is 46.9 Å². The third kappa shape index (κ3) is 5.45. The number of alkyl carbamates (subject to hydrolysis) is 1. The van der Waals surface area contributed by atoms with E-state index in [4.69, 9.17) is 32.7 Å². The van der Waals surface area contributed by atoms with Crippen LogP contribution in [0.4, 0.5) is 10.5 Å². The second-order valence-electron chi connectivity index (χ2n) is 8.80. The summed E-state index contributed by atoms with van der Waals surface area (Å²) in [6.07, 6.45) is 2.69. The van der Waals surface area contributed by atoms with Gasteiger partial charge in [-0.15, -0.1) is 0 Å². The molecule has 2 amide bonds. The van der Waals surface area contributed by atoms with Gasteiger partial charge in [0.1, 0.15) is 5.60 Å². The van der Waals surface area contributed by atoms with E-state index in [0.717, 1.165) is 0 Å². The quantitative estimate of drug-likeness (QED) is 0.430. The second-order valence-corrected chi connectivity index (χ2v) is 9.62. The average Bonchev–Trinajstić information content (AvgIpc) is 2.99. The number of hydrogen-bond donors (Lipinski definition) is 2. The molecule has 8 nitrogen and oxygen atoms in total. The van der Waals surface area contributed by atoms with Gasteiger partial charge >= 0.3 is 12.1 Å². The third-order valence-corrected chi connectivity index (χ3v) is 5.81. The summed E-state index contributed by atoms with van der Waals surface area (Å²) >= 11 is 12.8. The highest BCUT2D eigenvalue weighted by Gasteiger charge is 2.53. The smallest absolute Gasteiger partial charge is 0.407 e. The molecule has 3 rings (SSSR count).